The van der Waals surface area contributed by atoms with E-state index in [9.17, 15) is 4.79 Å². The molecule has 1 saturated carbocycles. The summed E-state index contributed by atoms with van der Waals surface area (Å²) in [5, 5.41) is 3.04. The molecule has 1 fully saturated rings. The zero-order valence-corrected chi connectivity index (χ0v) is 11.6. The van der Waals surface area contributed by atoms with Gasteiger partial charge in [0.1, 0.15) is 0 Å². The molecule has 1 aliphatic carbocycles. The van der Waals surface area contributed by atoms with Crippen LogP contribution in [0.2, 0.25) is 0 Å². The molecule has 3 rings (SSSR count). The third kappa shape index (κ3) is 2.81. The second-order valence-electron chi connectivity index (χ2n) is 6.08. The molecule has 2 heterocycles. The molecule has 2 aliphatic rings. The Morgan fingerprint density at radius 2 is 2.37 bits per heavy atom. The first-order valence-corrected chi connectivity index (χ1v) is 7.19. The Morgan fingerprint density at radius 3 is 3.05 bits per heavy atom. The summed E-state index contributed by atoms with van der Waals surface area (Å²) >= 11 is 0. The fourth-order valence-corrected chi connectivity index (χ4v) is 2.75. The normalized spacial score (nSPS) is 23.4. The van der Waals surface area contributed by atoms with E-state index in [1.807, 2.05) is 13.8 Å². The van der Waals surface area contributed by atoms with Gasteiger partial charge < -0.3 is 10.3 Å². The van der Waals surface area contributed by atoms with Crippen molar-refractivity contribution in [3.8, 4) is 0 Å². The fourth-order valence-electron chi connectivity index (χ4n) is 2.75. The second kappa shape index (κ2) is 4.96. The molecule has 0 radical (unpaired) electrons. The van der Waals surface area contributed by atoms with Crippen LogP contribution in [0.5, 0.6) is 0 Å². The van der Waals surface area contributed by atoms with E-state index in [-0.39, 0.29) is 18.0 Å². The molecule has 104 valence electrons. The maximum Gasteiger partial charge on any atom is 0.237 e. The van der Waals surface area contributed by atoms with E-state index in [0.717, 1.165) is 31.1 Å². The average Bonchev–Trinajstić information content (AvgIpc) is 3.04. The van der Waals surface area contributed by atoms with E-state index >= 15 is 0 Å². The number of nitrogens with one attached hydrogen (secondary N) is 2. The fraction of sp³-hybridized carbons (Fsp3) is 0.714. The van der Waals surface area contributed by atoms with Crippen molar-refractivity contribution in [2.24, 2.45) is 5.92 Å². The maximum atomic E-state index is 12.4. The van der Waals surface area contributed by atoms with E-state index in [1.165, 1.54) is 18.5 Å². The monoisotopic (exact) mass is 262 g/mol. The number of aromatic amines is 1. The highest BCUT2D eigenvalue weighted by Gasteiger charge is 2.36. The highest BCUT2D eigenvalue weighted by Crippen LogP contribution is 2.32. The number of H-pyrrole nitrogens is 1. The summed E-state index contributed by atoms with van der Waals surface area (Å²) in [4.78, 5) is 22.2. The van der Waals surface area contributed by atoms with Gasteiger partial charge in [-0.3, -0.25) is 9.69 Å². The molecule has 0 bridgehead atoms. The Bertz CT molecular complexity index is 464. The van der Waals surface area contributed by atoms with Crippen molar-refractivity contribution in [2.75, 3.05) is 6.54 Å². The predicted octanol–water partition coefficient (Wildman–Crippen LogP) is 1.07. The molecule has 1 aromatic heterocycles. The lowest BCUT2D eigenvalue weighted by molar-refractivity contribution is -0.127. The molecule has 5 nitrogen and oxygen atoms in total. The number of hydrogen-bond donors (Lipinski definition) is 2. The molecule has 2 N–H and O–H groups in total. The number of hydrogen-bond acceptors (Lipinski definition) is 3. The first-order valence-electron chi connectivity index (χ1n) is 7.19. The molecule has 1 aromatic rings. The topological polar surface area (TPSA) is 61.0 Å². The third-order valence-corrected chi connectivity index (χ3v) is 3.92. The van der Waals surface area contributed by atoms with Gasteiger partial charge in [0.2, 0.25) is 5.91 Å². The molecule has 0 saturated heterocycles. The lowest BCUT2D eigenvalue weighted by Gasteiger charge is -2.34. The summed E-state index contributed by atoms with van der Waals surface area (Å²) in [6, 6.07) is 0.134. The largest absolute Gasteiger partial charge is 0.353 e. The average molecular weight is 262 g/mol. The van der Waals surface area contributed by atoms with E-state index < -0.39 is 0 Å². The molecular formula is C14H22N4O. The van der Waals surface area contributed by atoms with Gasteiger partial charge in [0.05, 0.1) is 23.8 Å². The molecule has 0 unspecified atom stereocenters. The standard InChI is InChI=1S/C14H22N4O/c1-9(2)17-14(19)13-5-11-12(16-8-15-11)7-18(13)6-10-3-4-10/h8-10,13H,3-7H2,1-2H3,(H,15,16)(H,17,19)/t13-/m0/s1. The van der Waals surface area contributed by atoms with Crippen molar-refractivity contribution in [3.63, 3.8) is 0 Å². The van der Waals surface area contributed by atoms with Crippen LogP contribution in [-0.4, -0.2) is 39.4 Å². The number of amides is 1. The van der Waals surface area contributed by atoms with Crippen LogP contribution in [0.4, 0.5) is 0 Å². The Labute approximate surface area is 113 Å². The van der Waals surface area contributed by atoms with Crippen molar-refractivity contribution < 1.29 is 4.79 Å². The highest BCUT2D eigenvalue weighted by atomic mass is 16.2. The van der Waals surface area contributed by atoms with Crippen LogP contribution in [0.25, 0.3) is 0 Å². The molecule has 1 aliphatic heterocycles. The SMILES string of the molecule is CC(C)NC(=O)[C@@H]1Cc2nc[nH]c2CN1CC1CC1. The first-order chi connectivity index (χ1) is 9.13. The van der Waals surface area contributed by atoms with Crippen LogP contribution in [0.3, 0.4) is 0 Å². The minimum absolute atomic E-state index is 0.0567. The van der Waals surface area contributed by atoms with Crippen LogP contribution in [0, 0.1) is 5.92 Å². The van der Waals surface area contributed by atoms with Crippen molar-refractivity contribution in [1.29, 1.82) is 0 Å². The Kier molecular flexibility index (Phi) is 3.31. The number of aromatic nitrogens is 2. The molecule has 1 atom stereocenters. The van der Waals surface area contributed by atoms with Gasteiger partial charge in [0.25, 0.3) is 0 Å². The van der Waals surface area contributed by atoms with Crippen LogP contribution in [0.15, 0.2) is 6.33 Å². The van der Waals surface area contributed by atoms with Crippen molar-refractivity contribution in [1.82, 2.24) is 20.2 Å². The number of carbonyl (C=O) groups excluding carboxylic acids is 1. The summed E-state index contributed by atoms with van der Waals surface area (Å²) < 4.78 is 0. The molecule has 0 spiro atoms. The lowest BCUT2D eigenvalue weighted by Crippen LogP contribution is -2.52. The Balaban J connectivity index is 1.76. The predicted molar refractivity (Wildman–Crippen MR) is 72.5 cm³/mol. The van der Waals surface area contributed by atoms with E-state index in [2.05, 4.69) is 20.2 Å². The van der Waals surface area contributed by atoms with Crippen molar-refractivity contribution in [2.45, 2.75) is 51.7 Å². The number of fused-ring (bicyclic) bond motifs is 1. The van der Waals surface area contributed by atoms with Gasteiger partial charge in [-0.15, -0.1) is 0 Å². The van der Waals surface area contributed by atoms with Gasteiger partial charge in [-0.25, -0.2) is 4.98 Å². The van der Waals surface area contributed by atoms with E-state index in [4.69, 9.17) is 0 Å². The highest BCUT2D eigenvalue weighted by molar-refractivity contribution is 5.82. The summed E-state index contributed by atoms with van der Waals surface area (Å²) in [6.45, 7) is 5.87. The van der Waals surface area contributed by atoms with Gasteiger partial charge in [-0.1, -0.05) is 0 Å². The van der Waals surface area contributed by atoms with E-state index in [1.54, 1.807) is 6.33 Å². The molecule has 1 amide bonds. The van der Waals surface area contributed by atoms with Crippen LogP contribution in [-0.2, 0) is 17.8 Å². The number of carbonyl (C=O) groups is 1. The molecule has 5 heteroatoms. The quantitative estimate of drug-likeness (QED) is 0.853. The summed E-state index contributed by atoms with van der Waals surface area (Å²) in [5.41, 5.74) is 2.23. The minimum atomic E-state index is -0.0567. The smallest absolute Gasteiger partial charge is 0.237 e. The summed E-state index contributed by atoms with van der Waals surface area (Å²) in [7, 11) is 0. The zero-order valence-electron chi connectivity index (χ0n) is 11.6. The van der Waals surface area contributed by atoms with Crippen LogP contribution < -0.4 is 5.32 Å². The molecular weight excluding hydrogens is 240 g/mol. The molecule has 19 heavy (non-hydrogen) atoms. The maximum absolute atomic E-state index is 12.4. The molecule has 0 aromatic carbocycles. The Morgan fingerprint density at radius 1 is 1.58 bits per heavy atom. The number of rotatable bonds is 4. The minimum Gasteiger partial charge on any atom is -0.353 e. The van der Waals surface area contributed by atoms with Gasteiger partial charge >= 0.3 is 0 Å². The summed E-state index contributed by atoms with van der Waals surface area (Å²) in [5.74, 6) is 0.933. The van der Waals surface area contributed by atoms with Gasteiger partial charge in [0, 0.05) is 25.6 Å². The van der Waals surface area contributed by atoms with Crippen molar-refractivity contribution in [3.05, 3.63) is 17.7 Å². The third-order valence-electron chi connectivity index (χ3n) is 3.92. The van der Waals surface area contributed by atoms with Gasteiger partial charge in [0.15, 0.2) is 0 Å². The number of nitrogens with zero attached hydrogens (tertiary/aromatic N) is 2. The second-order valence-corrected chi connectivity index (χ2v) is 6.08. The van der Waals surface area contributed by atoms with Crippen molar-refractivity contribution >= 4 is 5.91 Å². The summed E-state index contributed by atoms with van der Waals surface area (Å²) in [6.07, 6.45) is 5.09. The van der Waals surface area contributed by atoms with Gasteiger partial charge in [-0.05, 0) is 32.6 Å². The zero-order chi connectivity index (χ0) is 13.4. The van der Waals surface area contributed by atoms with Crippen LogP contribution in [0.1, 0.15) is 38.1 Å². The lowest BCUT2D eigenvalue weighted by atomic mass is 10.0. The van der Waals surface area contributed by atoms with E-state index in [0.29, 0.717) is 0 Å². The first kappa shape index (κ1) is 12.7. The van der Waals surface area contributed by atoms with Gasteiger partial charge in [-0.2, -0.15) is 0 Å². The van der Waals surface area contributed by atoms with Crippen LogP contribution >= 0.6 is 0 Å². The number of imidazole rings is 1. The Hall–Kier alpha value is -1.36.